The molecule has 0 amide bonds. The lowest BCUT2D eigenvalue weighted by molar-refractivity contribution is 1.28. The van der Waals surface area contributed by atoms with Crippen molar-refractivity contribution < 1.29 is 0 Å². The molecule has 0 heterocycles. The molecule has 73 heavy (non-hydrogen) atoms. The number of hydrogen-bond acceptors (Lipinski definition) is 1. The Morgan fingerprint density at radius 1 is 0.137 bits per heavy atom. The average Bonchev–Trinajstić information content (AvgIpc) is 3.49. The summed E-state index contributed by atoms with van der Waals surface area (Å²) in [6.45, 7) is 0. The molecule has 1 heteroatoms. The molecule has 0 bridgehead atoms. The van der Waals surface area contributed by atoms with Crippen molar-refractivity contribution in [1.82, 2.24) is 0 Å². The van der Waals surface area contributed by atoms with Crippen molar-refractivity contribution in [3.05, 3.63) is 309 Å². The molecule has 0 saturated carbocycles. The Morgan fingerprint density at radius 3 is 0.589 bits per heavy atom. The number of hydrogen-bond donors (Lipinski definition) is 0. The van der Waals surface area contributed by atoms with E-state index in [-0.39, 0.29) is 0 Å². The van der Waals surface area contributed by atoms with E-state index in [0.29, 0.717) is 0 Å². The van der Waals surface area contributed by atoms with Crippen LogP contribution in [0.1, 0.15) is 0 Å². The van der Waals surface area contributed by atoms with E-state index < -0.39 is 0 Å². The lowest BCUT2D eigenvalue weighted by Gasteiger charge is -2.28. The molecule has 0 N–H and O–H groups in total. The third-order valence-corrected chi connectivity index (χ3v) is 14.0. The lowest BCUT2D eigenvalue weighted by atomic mass is 9.90. The van der Waals surface area contributed by atoms with Gasteiger partial charge in [0.1, 0.15) is 0 Å². The van der Waals surface area contributed by atoms with Gasteiger partial charge in [-0.05, 0) is 137 Å². The first-order chi connectivity index (χ1) is 36.2. The van der Waals surface area contributed by atoms with Gasteiger partial charge in [0.25, 0.3) is 0 Å². The third kappa shape index (κ3) is 9.56. The maximum absolute atomic E-state index is 2.42. The summed E-state index contributed by atoms with van der Waals surface area (Å²) in [5.41, 5.74) is 24.4. The van der Waals surface area contributed by atoms with Crippen LogP contribution in [-0.2, 0) is 0 Å². The molecule has 0 unspecified atom stereocenters. The second-order valence-electron chi connectivity index (χ2n) is 18.5. The van der Waals surface area contributed by atoms with Crippen molar-refractivity contribution in [1.29, 1.82) is 0 Å². The molecule has 0 aliphatic heterocycles. The fourth-order valence-corrected chi connectivity index (χ4v) is 10.1. The fraction of sp³-hybridized carbons (Fsp3) is 0. The van der Waals surface area contributed by atoms with Crippen LogP contribution in [0.4, 0.5) is 17.1 Å². The molecule has 0 fully saturated rings. The van der Waals surface area contributed by atoms with Crippen LogP contribution in [0.25, 0.3) is 100 Å². The van der Waals surface area contributed by atoms with Crippen LogP contribution in [-0.4, -0.2) is 0 Å². The Balaban J connectivity index is 1.02. The van der Waals surface area contributed by atoms with Crippen LogP contribution in [0.5, 0.6) is 0 Å². The highest BCUT2D eigenvalue weighted by Crippen LogP contribution is 2.45. The van der Waals surface area contributed by atoms with E-state index in [2.05, 4.69) is 314 Å². The number of anilines is 3. The van der Waals surface area contributed by atoms with E-state index in [0.717, 1.165) is 50.4 Å². The van der Waals surface area contributed by atoms with Gasteiger partial charge in [0.15, 0.2) is 0 Å². The maximum atomic E-state index is 2.42. The summed E-state index contributed by atoms with van der Waals surface area (Å²) in [5.74, 6) is 0. The number of nitrogens with zero attached hydrogens (tertiary/aromatic N) is 1. The van der Waals surface area contributed by atoms with E-state index in [4.69, 9.17) is 0 Å². The van der Waals surface area contributed by atoms with Crippen molar-refractivity contribution in [2.45, 2.75) is 0 Å². The predicted octanol–water partition coefficient (Wildman–Crippen LogP) is 20.2. The van der Waals surface area contributed by atoms with Gasteiger partial charge in [0, 0.05) is 17.1 Å². The monoisotopic (exact) mass is 929 g/mol. The van der Waals surface area contributed by atoms with Crippen LogP contribution < -0.4 is 4.90 Å². The minimum atomic E-state index is 1.06. The molecule has 12 aromatic carbocycles. The first-order valence-electron chi connectivity index (χ1n) is 25.1. The topological polar surface area (TPSA) is 3.24 Å². The Labute approximate surface area is 429 Å². The summed E-state index contributed by atoms with van der Waals surface area (Å²) in [5, 5.41) is 0. The van der Waals surface area contributed by atoms with E-state index >= 15 is 0 Å². The van der Waals surface area contributed by atoms with Gasteiger partial charge in [0.05, 0.1) is 0 Å². The van der Waals surface area contributed by atoms with Crippen LogP contribution in [0, 0.1) is 0 Å². The normalized spacial score (nSPS) is 11.0. The van der Waals surface area contributed by atoms with Gasteiger partial charge < -0.3 is 4.90 Å². The van der Waals surface area contributed by atoms with E-state index in [9.17, 15) is 0 Å². The highest BCUT2D eigenvalue weighted by Gasteiger charge is 2.20. The van der Waals surface area contributed by atoms with E-state index in [1.54, 1.807) is 0 Å². The summed E-state index contributed by atoms with van der Waals surface area (Å²) < 4.78 is 0. The molecule has 0 spiro atoms. The molecule has 0 saturated heterocycles. The first kappa shape index (κ1) is 44.6. The Kier molecular flexibility index (Phi) is 12.5. The van der Waals surface area contributed by atoms with Gasteiger partial charge in [-0.1, -0.05) is 273 Å². The molecule has 0 aliphatic carbocycles. The molecule has 12 aromatic rings. The van der Waals surface area contributed by atoms with Gasteiger partial charge in [-0.15, -0.1) is 0 Å². The zero-order chi connectivity index (χ0) is 48.8. The van der Waals surface area contributed by atoms with E-state index in [1.807, 2.05) is 0 Å². The molecular formula is C72H51N. The van der Waals surface area contributed by atoms with Crippen LogP contribution in [0.3, 0.4) is 0 Å². The highest BCUT2D eigenvalue weighted by molar-refractivity contribution is 5.93. The molecule has 0 radical (unpaired) electrons. The van der Waals surface area contributed by atoms with Gasteiger partial charge in [-0.2, -0.15) is 0 Å². The summed E-state index contributed by atoms with van der Waals surface area (Å²) >= 11 is 0. The average molecular weight is 930 g/mol. The molecular weight excluding hydrogens is 879 g/mol. The molecule has 0 atom stereocenters. The number of rotatable bonds is 12. The highest BCUT2D eigenvalue weighted by atomic mass is 15.1. The quantitative estimate of drug-likeness (QED) is 0.118. The Bertz CT molecular complexity index is 3530. The van der Waals surface area contributed by atoms with Crippen molar-refractivity contribution in [2.75, 3.05) is 4.90 Å². The van der Waals surface area contributed by atoms with Crippen molar-refractivity contribution >= 4 is 17.1 Å². The first-order valence-corrected chi connectivity index (χ1v) is 25.1. The fourth-order valence-electron chi connectivity index (χ4n) is 10.1. The van der Waals surface area contributed by atoms with Crippen molar-refractivity contribution in [3.8, 4) is 100 Å². The second kappa shape index (κ2) is 20.4. The van der Waals surface area contributed by atoms with Gasteiger partial charge >= 0.3 is 0 Å². The second-order valence-corrected chi connectivity index (χ2v) is 18.5. The molecule has 344 valence electrons. The van der Waals surface area contributed by atoms with Crippen LogP contribution >= 0.6 is 0 Å². The Morgan fingerprint density at radius 2 is 0.329 bits per heavy atom. The minimum Gasteiger partial charge on any atom is -0.310 e. The largest absolute Gasteiger partial charge is 0.310 e. The van der Waals surface area contributed by atoms with E-state index in [1.165, 1.54) is 66.8 Å². The minimum absolute atomic E-state index is 1.06. The smallest absolute Gasteiger partial charge is 0.0468 e. The molecule has 0 aromatic heterocycles. The predicted molar refractivity (Wildman–Crippen MR) is 310 cm³/mol. The lowest BCUT2D eigenvalue weighted by Crippen LogP contribution is -2.10. The van der Waals surface area contributed by atoms with Gasteiger partial charge in [0.2, 0.25) is 0 Å². The van der Waals surface area contributed by atoms with Crippen molar-refractivity contribution in [3.63, 3.8) is 0 Å². The third-order valence-electron chi connectivity index (χ3n) is 14.0. The Hall–Kier alpha value is -9.56. The summed E-state index contributed by atoms with van der Waals surface area (Å²) in [6, 6.07) is 112. The van der Waals surface area contributed by atoms with Gasteiger partial charge in [-0.3, -0.25) is 0 Å². The molecule has 1 nitrogen and oxygen atoms in total. The van der Waals surface area contributed by atoms with Gasteiger partial charge in [-0.25, -0.2) is 0 Å². The van der Waals surface area contributed by atoms with Crippen molar-refractivity contribution in [2.24, 2.45) is 0 Å². The van der Waals surface area contributed by atoms with Crippen LogP contribution in [0.2, 0.25) is 0 Å². The summed E-state index contributed by atoms with van der Waals surface area (Å²) in [6.07, 6.45) is 0. The standard InChI is InChI=1S/C72H51N/c1-6-16-52(17-7-1)57-26-34-62(35-27-57)69-48-46-67(50-71(69)64-38-30-59(31-39-64)54-20-10-3-11-21-54)73(66-44-42-61(43-45-66)56-24-14-5-15-25-56)68-47-49-70(63-36-28-58(29-37-63)53-18-8-2-9-19-53)72(51-68)65-40-32-60(33-41-65)55-22-12-4-13-23-55/h1-51H. The number of benzene rings is 12. The maximum Gasteiger partial charge on any atom is 0.0468 e. The SMILES string of the molecule is c1ccc(-c2ccc(-c3ccc(N(c4ccc(-c5ccccc5)cc4)c4ccc(-c5ccc(-c6ccccc6)cc5)c(-c5ccc(-c6ccccc6)cc5)c4)cc3-c3ccc(-c4ccccc4)cc3)cc2)cc1. The zero-order valence-corrected chi connectivity index (χ0v) is 40.4. The van der Waals surface area contributed by atoms with Crippen LogP contribution in [0.15, 0.2) is 309 Å². The summed E-state index contributed by atoms with van der Waals surface area (Å²) in [7, 11) is 0. The molecule has 12 rings (SSSR count). The molecule has 0 aliphatic rings. The zero-order valence-electron chi connectivity index (χ0n) is 40.4. The summed E-state index contributed by atoms with van der Waals surface area (Å²) in [4.78, 5) is 2.42.